The minimum atomic E-state index is -0.110. The van der Waals surface area contributed by atoms with Crippen molar-refractivity contribution in [2.45, 2.75) is 51.0 Å². The average Bonchev–Trinajstić information content (AvgIpc) is 3.17. The smallest absolute Gasteiger partial charge is 0.227 e. The molecule has 144 valence electrons. The van der Waals surface area contributed by atoms with E-state index in [1.807, 2.05) is 11.8 Å². The second-order valence-electron chi connectivity index (χ2n) is 7.43. The van der Waals surface area contributed by atoms with E-state index in [-0.39, 0.29) is 11.5 Å². The van der Waals surface area contributed by atoms with Crippen LogP contribution in [0.5, 0.6) is 0 Å². The predicted octanol–water partition coefficient (Wildman–Crippen LogP) is 2.27. The summed E-state index contributed by atoms with van der Waals surface area (Å²) in [5, 5.41) is 4.03. The fourth-order valence-electron chi connectivity index (χ4n) is 4.14. The van der Waals surface area contributed by atoms with Crippen LogP contribution in [-0.2, 0) is 16.0 Å². The molecule has 1 atom stereocenters. The zero-order chi connectivity index (χ0) is 18.7. The number of hydrogen-bond acceptors (Lipinski definition) is 7. The maximum absolute atomic E-state index is 11.9. The molecule has 8 heteroatoms. The zero-order valence-electron chi connectivity index (χ0n) is 15.6. The molecule has 0 N–H and O–H groups in total. The fourth-order valence-corrected chi connectivity index (χ4v) is 4.14. The molecule has 2 saturated heterocycles. The van der Waals surface area contributed by atoms with E-state index in [2.05, 4.69) is 20.1 Å². The Hall–Kier alpha value is -2.35. The van der Waals surface area contributed by atoms with Gasteiger partial charge < -0.3 is 14.2 Å². The molecule has 2 aromatic rings. The van der Waals surface area contributed by atoms with Crippen molar-refractivity contribution in [3.63, 3.8) is 0 Å². The van der Waals surface area contributed by atoms with E-state index in [1.165, 1.54) is 0 Å². The lowest BCUT2D eigenvalue weighted by molar-refractivity contribution is -0.147. The highest BCUT2D eigenvalue weighted by Gasteiger charge is 2.41. The SMILES string of the molecule is CCC(=O)N1CCC2(CC1)CC(Cc1nc(-c3cnccn3)no1)CCO2. The van der Waals surface area contributed by atoms with Gasteiger partial charge in [0.1, 0.15) is 5.69 Å². The summed E-state index contributed by atoms with van der Waals surface area (Å²) in [6, 6.07) is 0. The Morgan fingerprint density at radius 1 is 1.33 bits per heavy atom. The van der Waals surface area contributed by atoms with Gasteiger partial charge in [0.05, 0.1) is 11.8 Å². The van der Waals surface area contributed by atoms with Crippen LogP contribution in [-0.4, -0.2) is 56.2 Å². The van der Waals surface area contributed by atoms with Crippen molar-refractivity contribution in [3.8, 4) is 11.5 Å². The molecule has 2 aliphatic rings. The highest BCUT2D eigenvalue weighted by molar-refractivity contribution is 5.75. The summed E-state index contributed by atoms with van der Waals surface area (Å²) < 4.78 is 11.6. The van der Waals surface area contributed by atoms with Crippen molar-refractivity contribution in [1.29, 1.82) is 0 Å². The summed E-state index contributed by atoms with van der Waals surface area (Å²) >= 11 is 0. The Morgan fingerprint density at radius 2 is 2.19 bits per heavy atom. The van der Waals surface area contributed by atoms with Crippen LogP contribution >= 0.6 is 0 Å². The number of ether oxygens (including phenoxy) is 1. The standard InChI is InChI=1S/C19H25N5O3/c1-2-17(25)24-8-4-19(5-9-24)12-14(3-10-26-19)11-16-22-18(23-27-16)15-13-20-6-7-21-15/h6-7,13-14H,2-5,8-12H2,1H3. The molecule has 1 amide bonds. The number of rotatable bonds is 4. The first-order chi connectivity index (χ1) is 13.2. The minimum Gasteiger partial charge on any atom is -0.375 e. The number of hydrogen-bond donors (Lipinski definition) is 0. The molecule has 2 fully saturated rings. The molecule has 2 aliphatic heterocycles. The first-order valence-corrected chi connectivity index (χ1v) is 9.68. The van der Waals surface area contributed by atoms with Crippen molar-refractivity contribution < 1.29 is 14.1 Å². The van der Waals surface area contributed by atoms with Gasteiger partial charge in [-0.3, -0.25) is 9.78 Å². The lowest BCUT2D eigenvalue weighted by Crippen LogP contribution is -2.50. The van der Waals surface area contributed by atoms with E-state index in [9.17, 15) is 4.79 Å². The number of amides is 1. The Bertz CT molecular complexity index is 771. The van der Waals surface area contributed by atoms with E-state index in [0.717, 1.165) is 51.8 Å². The Labute approximate surface area is 158 Å². The molecular formula is C19H25N5O3. The van der Waals surface area contributed by atoms with Crippen LogP contribution in [0, 0.1) is 5.92 Å². The van der Waals surface area contributed by atoms with E-state index in [4.69, 9.17) is 9.26 Å². The monoisotopic (exact) mass is 371 g/mol. The number of aromatic nitrogens is 4. The molecule has 0 radical (unpaired) electrons. The number of piperidine rings is 1. The lowest BCUT2D eigenvalue weighted by atomic mass is 9.78. The fraction of sp³-hybridized carbons (Fsp3) is 0.632. The van der Waals surface area contributed by atoms with Crippen LogP contribution < -0.4 is 0 Å². The third-order valence-electron chi connectivity index (χ3n) is 5.65. The Kier molecular flexibility index (Phi) is 5.15. The lowest BCUT2D eigenvalue weighted by Gasteiger charge is -2.46. The third-order valence-corrected chi connectivity index (χ3v) is 5.65. The molecule has 0 saturated carbocycles. The summed E-state index contributed by atoms with van der Waals surface area (Å²) in [4.78, 5) is 26.6. The van der Waals surface area contributed by atoms with Gasteiger partial charge in [-0.05, 0) is 31.6 Å². The summed E-state index contributed by atoms with van der Waals surface area (Å²) in [5.74, 6) is 1.80. The van der Waals surface area contributed by atoms with Crippen LogP contribution in [0.15, 0.2) is 23.1 Å². The second kappa shape index (κ2) is 7.72. The molecule has 4 rings (SSSR count). The van der Waals surface area contributed by atoms with Crippen LogP contribution in [0.25, 0.3) is 11.5 Å². The van der Waals surface area contributed by atoms with Crippen molar-refractivity contribution in [1.82, 2.24) is 25.0 Å². The summed E-state index contributed by atoms with van der Waals surface area (Å²) in [6.45, 7) is 4.24. The van der Waals surface area contributed by atoms with E-state index < -0.39 is 0 Å². The predicted molar refractivity (Wildman–Crippen MR) is 96.5 cm³/mol. The number of likely N-dealkylation sites (tertiary alicyclic amines) is 1. The molecule has 1 unspecified atom stereocenters. The summed E-state index contributed by atoms with van der Waals surface area (Å²) in [6.07, 6.45) is 9.95. The quantitative estimate of drug-likeness (QED) is 0.813. The molecule has 0 aromatic carbocycles. The van der Waals surface area contributed by atoms with Gasteiger partial charge in [-0.25, -0.2) is 4.98 Å². The van der Waals surface area contributed by atoms with Crippen LogP contribution in [0.1, 0.15) is 44.9 Å². The van der Waals surface area contributed by atoms with Gasteiger partial charge in [-0.2, -0.15) is 4.98 Å². The second-order valence-corrected chi connectivity index (χ2v) is 7.43. The maximum Gasteiger partial charge on any atom is 0.227 e. The molecule has 27 heavy (non-hydrogen) atoms. The van der Waals surface area contributed by atoms with Crippen molar-refractivity contribution >= 4 is 5.91 Å². The van der Waals surface area contributed by atoms with E-state index in [0.29, 0.717) is 29.7 Å². The van der Waals surface area contributed by atoms with Gasteiger partial charge in [-0.1, -0.05) is 12.1 Å². The first-order valence-electron chi connectivity index (χ1n) is 9.68. The van der Waals surface area contributed by atoms with Crippen LogP contribution in [0.4, 0.5) is 0 Å². The number of carbonyl (C=O) groups is 1. The van der Waals surface area contributed by atoms with Gasteiger partial charge in [0.25, 0.3) is 0 Å². The maximum atomic E-state index is 11.9. The van der Waals surface area contributed by atoms with Gasteiger partial charge in [0, 0.05) is 44.9 Å². The Balaban J connectivity index is 1.37. The molecular weight excluding hydrogens is 346 g/mol. The number of nitrogens with zero attached hydrogens (tertiary/aromatic N) is 5. The average molecular weight is 371 g/mol. The molecule has 2 aromatic heterocycles. The number of carbonyl (C=O) groups excluding carboxylic acids is 1. The van der Waals surface area contributed by atoms with Crippen LogP contribution in [0.3, 0.4) is 0 Å². The van der Waals surface area contributed by atoms with E-state index in [1.54, 1.807) is 18.6 Å². The normalized spacial score (nSPS) is 22.1. The van der Waals surface area contributed by atoms with Gasteiger partial charge >= 0.3 is 0 Å². The van der Waals surface area contributed by atoms with Crippen LogP contribution in [0.2, 0.25) is 0 Å². The molecule has 4 heterocycles. The van der Waals surface area contributed by atoms with Gasteiger partial charge in [0.2, 0.25) is 17.6 Å². The zero-order valence-corrected chi connectivity index (χ0v) is 15.6. The Morgan fingerprint density at radius 3 is 2.93 bits per heavy atom. The largest absolute Gasteiger partial charge is 0.375 e. The van der Waals surface area contributed by atoms with Gasteiger partial charge in [-0.15, -0.1) is 0 Å². The molecule has 0 aliphatic carbocycles. The van der Waals surface area contributed by atoms with Crippen molar-refractivity contribution in [2.24, 2.45) is 5.92 Å². The minimum absolute atomic E-state index is 0.110. The highest BCUT2D eigenvalue weighted by Crippen LogP contribution is 2.38. The van der Waals surface area contributed by atoms with Gasteiger partial charge in [0.15, 0.2) is 0 Å². The molecule has 8 nitrogen and oxygen atoms in total. The first kappa shape index (κ1) is 18.0. The summed E-state index contributed by atoms with van der Waals surface area (Å²) in [5.41, 5.74) is 0.505. The molecule has 1 spiro atoms. The summed E-state index contributed by atoms with van der Waals surface area (Å²) in [7, 11) is 0. The third kappa shape index (κ3) is 4.00. The van der Waals surface area contributed by atoms with Crippen molar-refractivity contribution in [2.75, 3.05) is 19.7 Å². The van der Waals surface area contributed by atoms with E-state index >= 15 is 0 Å². The molecule has 0 bridgehead atoms. The van der Waals surface area contributed by atoms with Crippen molar-refractivity contribution in [3.05, 3.63) is 24.5 Å². The highest BCUT2D eigenvalue weighted by atomic mass is 16.5. The topological polar surface area (TPSA) is 94.2 Å².